The molecule has 0 radical (unpaired) electrons. The van der Waals surface area contributed by atoms with Gasteiger partial charge in [-0.1, -0.05) is 97.1 Å². The van der Waals surface area contributed by atoms with Crippen LogP contribution in [-0.2, 0) is 15.3 Å². The van der Waals surface area contributed by atoms with Crippen LogP contribution >= 0.6 is 23.1 Å². The third kappa shape index (κ3) is 5.73. The molecule has 1 N–H and O–H groups in total. The van der Waals surface area contributed by atoms with Crippen LogP contribution in [0, 0.1) is 13.8 Å². The minimum atomic E-state index is -0.978. The Bertz CT molecular complexity index is 2220. The molecule has 11 heteroatoms. The molecule has 48 heavy (non-hydrogen) atoms. The summed E-state index contributed by atoms with van der Waals surface area (Å²) in [5.41, 5.74) is 4.16. The maximum Gasteiger partial charge on any atom is 0.301 e. The van der Waals surface area contributed by atoms with Crippen molar-refractivity contribution in [2.24, 2.45) is 0 Å². The van der Waals surface area contributed by atoms with Gasteiger partial charge in [0.05, 0.1) is 23.9 Å². The lowest BCUT2D eigenvalue weighted by molar-refractivity contribution is -0.132. The number of ketones is 1. The number of aryl methyl sites for hydroxylation is 2. The van der Waals surface area contributed by atoms with Crippen molar-refractivity contribution in [1.82, 2.24) is 19.6 Å². The van der Waals surface area contributed by atoms with Gasteiger partial charge in [0.25, 0.3) is 5.78 Å². The van der Waals surface area contributed by atoms with Crippen LogP contribution in [0.4, 0.5) is 5.13 Å². The number of nitrogens with zero attached hydrogens (tertiary/aromatic N) is 5. The molecule has 1 fully saturated rings. The third-order valence-corrected chi connectivity index (χ3v) is 10.6. The molecule has 4 heterocycles. The number of imidazole rings is 1. The number of amides is 1. The highest BCUT2D eigenvalue weighted by Crippen LogP contribution is 2.45. The van der Waals surface area contributed by atoms with Gasteiger partial charge >= 0.3 is 5.91 Å². The maximum absolute atomic E-state index is 13.9. The lowest BCUT2D eigenvalue weighted by Crippen LogP contribution is -2.29. The van der Waals surface area contributed by atoms with Gasteiger partial charge in [0.2, 0.25) is 5.13 Å². The number of thioether (sulfide) groups is 1. The summed E-state index contributed by atoms with van der Waals surface area (Å²) in [6, 6.07) is 24.6. The van der Waals surface area contributed by atoms with Crippen molar-refractivity contribution in [2.75, 3.05) is 11.5 Å². The molecular formula is C37H33N5O4S2. The van der Waals surface area contributed by atoms with Crippen LogP contribution in [0.1, 0.15) is 53.9 Å². The SMILES string of the molecule is CCCCOc1cccc(C2/C(=C(\O)c3nc4c(C)cccn4c3C)C(=O)C(=O)N2c2nnc(SCc3cccc4ccccc34)s2)c1. The first-order valence-electron chi connectivity index (χ1n) is 15.8. The minimum absolute atomic E-state index is 0.0602. The number of anilines is 1. The zero-order valence-electron chi connectivity index (χ0n) is 26.7. The summed E-state index contributed by atoms with van der Waals surface area (Å²) in [5.74, 6) is -0.688. The third-order valence-electron chi connectivity index (χ3n) is 8.53. The van der Waals surface area contributed by atoms with Crippen LogP contribution in [0.2, 0.25) is 0 Å². The number of hydrogen-bond donors (Lipinski definition) is 1. The van der Waals surface area contributed by atoms with Crippen molar-refractivity contribution in [3.8, 4) is 5.75 Å². The molecular weight excluding hydrogens is 643 g/mol. The van der Waals surface area contributed by atoms with Crippen LogP contribution < -0.4 is 9.64 Å². The van der Waals surface area contributed by atoms with E-state index in [1.165, 1.54) is 33.4 Å². The van der Waals surface area contributed by atoms with Crippen LogP contribution in [0.25, 0.3) is 22.2 Å². The monoisotopic (exact) mass is 675 g/mol. The van der Waals surface area contributed by atoms with E-state index in [-0.39, 0.29) is 22.2 Å². The number of aromatic nitrogens is 4. The second-order valence-corrected chi connectivity index (χ2v) is 13.8. The van der Waals surface area contributed by atoms with Crippen molar-refractivity contribution >= 4 is 62.1 Å². The summed E-state index contributed by atoms with van der Waals surface area (Å²) in [7, 11) is 0. The molecule has 7 rings (SSSR count). The number of ether oxygens (including phenoxy) is 1. The number of aliphatic hydroxyl groups excluding tert-OH is 1. The fraction of sp³-hybridized carbons (Fsp3) is 0.216. The molecule has 0 aliphatic carbocycles. The summed E-state index contributed by atoms with van der Waals surface area (Å²) in [5, 5.41) is 23.2. The summed E-state index contributed by atoms with van der Waals surface area (Å²) in [6.07, 6.45) is 3.72. The second-order valence-electron chi connectivity index (χ2n) is 11.7. The Morgan fingerprint density at radius 3 is 2.65 bits per heavy atom. The molecule has 1 unspecified atom stereocenters. The number of hydrogen-bond acceptors (Lipinski definition) is 9. The number of unbranched alkanes of at least 4 members (excludes halogenated alkanes) is 1. The second kappa shape index (κ2) is 13.2. The summed E-state index contributed by atoms with van der Waals surface area (Å²) in [4.78, 5) is 33.8. The number of fused-ring (bicyclic) bond motifs is 2. The van der Waals surface area contributed by atoms with Crippen LogP contribution in [-0.4, -0.2) is 43.0 Å². The molecule has 1 saturated heterocycles. The predicted octanol–water partition coefficient (Wildman–Crippen LogP) is 8.05. The van der Waals surface area contributed by atoms with E-state index in [1.54, 1.807) is 0 Å². The summed E-state index contributed by atoms with van der Waals surface area (Å²) < 4.78 is 8.51. The summed E-state index contributed by atoms with van der Waals surface area (Å²) >= 11 is 2.76. The fourth-order valence-corrected chi connectivity index (χ4v) is 7.92. The standard InChI is InChI=1S/C37H33N5O4S2/c1-4-5-19-46-27-16-9-14-25(20-27)31-29(32(43)30-23(3)41-18-10-11-22(2)34(41)38-30)33(44)35(45)42(31)36-39-40-37(48-36)47-21-26-15-8-13-24-12-6-7-17-28(24)26/h6-18,20,31,43H,4-5,19,21H2,1-3H3/b32-29+. The van der Waals surface area contributed by atoms with Gasteiger partial charge in [-0.25, -0.2) is 4.98 Å². The molecule has 3 aromatic heterocycles. The Labute approximate surface area is 285 Å². The molecule has 9 nitrogen and oxygen atoms in total. The van der Waals surface area contributed by atoms with Crippen molar-refractivity contribution in [3.05, 3.63) is 119 Å². The minimum Gasteiger partial charge on any atom is -0.505 e. The Balaban J connectivity index is 1.29. The van der Waals surface area contributed by atoms with E-state index in [0.717, 1.165) is 29.4 Å². The highest BCUT2D eigenvalue weighted by Gasteiger charge is 2.49. The molecule has 0 bridgehead atoms. The summed E-state index contributed by atoms with van der Waals surface area (Å²) in [6.45, 7) is 6.38. The topological polar surface area (TPSA) is 110 Å². The Morgan fingerprint density at radius 1 is 1.00 bits per heavy atom. The number of carbonyl (C=O) groups is 2. The van der Waals surface area contributed by atoms with E-state index in [9.17, 15) is 14.7 Å². The molecule has 1 amide bonds. The van der Waals surface area contributed by atoms with Crippen molar-refractivity contribution < 1.29 is 19.4 Å². The lowest BCUT2D eigenvalue weighted by atomic mass is 9.96. The first-order chi connectivity index (χ1) is 23.4. The molecule has 242 valence electrons. The number of rotatable bonds is 10. The lowest BCUT2D eigenvalue weighted by Gasteiger charge is -2.23. The predicted molar refractivity (Wildman–Crippen MR) is 190 cm³/mol. The molecule has 0 saturated carbocycles. The Hall–Kier alpha value is -5.00. The van der Waals surface area contributed by atoms with Gasteiger partial charge in [-0.05, 0) is 65.9 Å². The van der Waals surface area contributed by atoms with Crippen molar-refractivity contribution in [2.45, 2.75) is 49.7 Å². The van der Waals surface area contributed by atoms with Gasteiger partial charge in [-0.2, -0.15) is 0 Å². The van der Waals surface area contributed by atoms with E-state index in [4.69, 9.17) is 9.72 Å². The molecule has 6 aromatic rings. The van der Waals surface area contributed by atoms with Crippen molar-refractivity contribution in [3.63, 3.8) is 0 Å². The van der Waals surface area contributed by atoms with Crippen LogP contribution in [0.5, 0.6) is 5.75 Å². The maximum atomic E-state index is 13.9. The number of pyridine rings is 1. The van der Waals surface area contributed by atoms with Crippen LogP contribution in [0.3, 0.4) is 0 Å². The highest BCUT2D eigenvalue weighted by molar-refractivity contribution is 8.00. The Kier molecular flexibility index (Phi) is 8.72. The van der Waals surface area contributed by atoms with Crippen molar-refractivity contribution in [1.29, 1.82) is 0 Å². The van der Waals surface area contributed by atoms with E-state index < -0.39 is 17.7 Å². The van der Waals surface area contributed by atoms with E-state index in [2.05, 4.69) is 41.4 Å². The highest BCUT2D eigenvalue weighted by atomic mass is 32.2. The molecule has 0 spiro atoms. The largest absolute Gasteiger partial charge is 0.505 e. The molecule has 1 atom stereocenters. The quantitative estimate of drug-likeness (QED) is 0.0388. The average molecular weight is 676 g/mol. The smallest absolute Gasteiger partial charge is 0.301 e. The van der Waals surface area contributed by atoms with Gasteiger partial charge in [0, 0.05) is 11.9 Å². The van der Waals surface area contributed by atoms with Gasteiger partial charge in [-0.15, -0.1) is 10.2 Å². The zero-order valence-corrected chi connectivity index (χ0v) is 28.3. The number of benzene rings is 3. The average Bonchev–Trinajstić information content (AvgIpc) is 3.78. The number of Topliss-reactive ketones (excluding diaryl/α,β-unsaturated/α-hetero) is 1. The molecule has 3 aromatic carbocycles. The molecule has 1 aliphatic rings. The van der Waals surface area contributed by atoms with Gasteiger partial charge < -0.3 is 14.2 Å². The van der Waals surface area contributed by atoms with E-state index >= 15 is 0 Å². The molecule has 1 aliphatic heterocycles. The van der Waals surface area contributed by atoms with Crippen LogP contribution in [0.15, 0.2) is 95.0 Å². The van der Waals surface area contributed by atoms with Gasteiger partial charge in [-0.3, -0.25) is 14.5 Å². The normalized spacial score (nSPS) is 16.0. The van der Waals surface area contributed by atoms with Gasteiger partial charge in [0.15, 0.2) is 10.1 Å². The van der Waals surface area contributed by atoms with E-state index in [1.807, 2.05) is 79.0 Å². The number of carbonyl (C=O) groups excluding carboxylic acids is 2. The first kappa shape index (κ1) is 31.6. The van der Waals surface area contributed by atoms with E-state index in [0.29, 0.717) is 39.4 Å². The van der Waals surface area contributed by atoms with Gasteiger partial charge in [0.1, 0.15) is 17.1 Å². The first-order valence-corrected chi connectivity index (χ1v) is 17.6. The Morgan fingerprint density at radius 2 is 1.81 bits per heavy atom. The fourth-order valence-electron chi connectivity index (χ4n) is 6.04. The number of aliphatic hydroxyl groups is 1. The zero-order chi connectivity index (χ0) is 33.4.